The van der Waals surface area contributed by atoms with E-state index in [9.17, 15) is 14.7 Å². The number of rotatable bonds is 9. The fourth-order valence-corrected chi connectivity index (χ4v) is 6.28. The van der Waals surface area contributed by atoms with Crippen molar-refractivity contribution in [1.29, 1.82) is 0 Å². The normalized spacial score (nSPS) is 17.2. The number of methoxy groups -OCH3 is 2. The molecule has 218 valence electrons. The van der Waals surface area contributed by atoms with Crippen molar-refractivity contribution in [2.75, 3.05) is 33.9 Å². The Labute approximate surface area is 238 Å². The van der Waals surface area contributed by atoms with Crippen molar-refractivity contribution in [2.45, 2.75) is 78.4 Å². The first-order valence-electron chi connectivity index (χ1n) is 14.2. The SMILES string of the molecule is COc1cc2c(cc1OC)CCN(C(=O)CCN(C(=O)O)C(C1Cc3cc(OC(C)C)ccc31)C(C)(C)C)CC2. The van der Waals surface area contributed by atoms with Crippen LogP contribution in [0.5, 0.6) is 17.2 Å². The monoisotopic (exact) mass is 552 g/mol. The zero-order chi connectivity index (χ0) is 29.2. The van der Waals surface area contributed by atoms with E-state index in [1.54, 1.807) is 14.2 Å². The Morgan fingerprint density at radius 1 is 1.00 bits per heavy atom. The number of amides is 2. The van der Waals surface area contributed by atoms with Gasteiger partial charge in [0.25, 0.3) is 0 Å². The van der Waals surface area contributed by atoms with Gasteiger partial charge in [-0.1, -0.05) is 26.8 Å². The number of carbonyl (C=O) groups is 2. The molecule has 0 bridgehead atoms. The zero-order valence-electron chi connectivity index (χ0n) is 25.0. The largest absolute Gasteiger partial charge is 0.493 e. The van der Waals surface area contributed by atoms with Crippen molar-refractivity contribution in [3.05, 3.63) is 52.6 Å². The van der Waals surface area contributed by atoms with Gasteiger partial charge >= 0.3 is 6.09 Å². The first kappa shape index (κ1) is 29.6. The first-order valence-corrected chi connectivity index (χ1v) is 14.2. The first-order chi connectivity index (χ1) is 18.9. The lowest BCUT2D eigenvalue weighted by Gasteiger charge is -2.48. The molecule has 0 saturated heterocycles. The molecule has 2 amide bonds. The molecule has 2 aromatic carbocycles. The van der Waals surface area contributed by atoms with Crippen LogP contribution in [0.1, 0.15) is 69.2 Å². The number of hydrogen-bond donors (Lipinski definition) is 1. The highest BCUT2D eigenvalue weighted by Gasteiger charge is 2.44. The van der Waals surface area contributed by atoms with E-state index in [4.69, 9.17) is 14.2 Å². The second-order valence-corrected chi connectivity index (χ2v) is 12.2. The number of hydrogen-bond acceptors (Lipinski definition) is 5. The molecule has 0 radical (unpaired) electrons. The summed E-state index contributed by atoms with van der Waals surface area (Å²) in [5, 5.41) is 10.3. The minimum atomic E-state index is -0.983. The van der Waals surface area contributed by atoms with Crippen LogP contribution >= 0.6 is 0 Å². The number of carboxylic acid groups (broad SMARTS) is 1. The Morgan fingerprint density at radius 3 is 2.08 bits per heavy atom. The van der Waals surface area contributed by atoms with Crippen LogP contribution in [0.25, 0.3) is 0 Å². The third-order valence-corrected chi connectivity index (χ3v) is 8.10. The predicted octanol–water partition coefficient (Wildman–Crippen LogP) is 5.54. The standard InChI is InChI=1S/C32H44N2O6/c1-20(2)40-24-8-9-25-23(16-24)17-26(25)30(32(3,4)5)34(31(36)37)15-12-29(35)33-13-10-21-18-27(38-6)28(39-7)19-22(21)11-14-33/h8-9,16,18-20,26,30H,10-15,17H2,1-7H3,(H,36,37). The van der Waals surface area contributed by atoms with Crippen molar-refractivity contribution in [3.63, 3.8) is 0 Å². The van der Waals surface area contributed by atoms with Crippen LogP contribution in [0.2, 0.25) is 0 Å². The molecule has 4 rings (SSSR count). The van der Waals surface area contributed by atoms with Gasteiger partial charge in [-0.05, 0) is 85.0 Å². The van der Waals surface area contributed by atoms with Crippen molar-refractivity contribution in [3.8, 4) is 17.2 Å². The summed E-state index contributed by atoms with van der Waals surface area (Å²) >= 11 is 0. The average molecular weight is 553 g/mol. The second kappa shape index (κ2) is 12.0. The summed E-state index contributed by atoms with van der Waals surface area (Å²) in [6, 6.07) is 9.86. The van der Waals surface area contributed by atoms with Gasteiger partial charge < -0.3 is 29.1 Å². The molecule has 8 heteroatoms. The van der Waals surface area contributed by atoms with Gasteiger partial charge in [-0.2, -0.15) is 0 Å². The Balaban J connectivity index is 1.45. The number of benzene rings is 2. The fourth-order valence-electron chi connectivity index (χ4n) is 6.28. The molecule has 0 spiro atoms. The summed E-state index contributed by atoms with van der Waals surface area (Å²) in [5.74, 6) is 2.28. The maximum Gasteiger partial charge on any atom is 0.407 e. The summed E-state index contributed by atoms with van der Waals surface area (Å²) in [4.78, 5) is 29.3. The second-order valence-electron chi connectivity index (χ2n) is 12.2. The van der Waals surface area contributed by atoms with E-state index in [0.717, 1.165) is 36.1 Å². The van der Waals surface area contributed by atoms with E-state index < -0.39 is 6.09 Å². The van der Waals surface area contributed by atoms with Gasteiger partial charge in [0, 0.05) is 38.0 Å². The molecule has 40 heavy (non-hydrogen) atoms. The maximum absolute atomic E-state index is 13.4. The topological polar surface area (TPSA) is 88.5 Å². The quantitative estimate of drug-likeness (QED) is 0.439. The summed E-state index contributed by atoms with van der Waals surface area (Å²) in [5.41, 5.74) is 4.37. The Morgan fingerprint density at radius 2 is 1.60 bits per heavy atom. The Hall–Kier alpha value is -3.42. The highest BCUT2D eigenvalue weighted by Crippen LogP contribution is 2.46. The van der Waals surface area contributed by atoms with E-state index in [1.165, 1.54) is 16.0 Å². The molecule has 1 N–H and O–H groups in total. The van der Waals surface area contributed by atoms with Gasteiger partial charge in [0.15, 0.2) is 11.5 Å². The third-order valence-electron chi connectivity index (χ3n) is 8.10. The lowest BCUT2D eigenvalue weighted by Crippen LogP contribution is -2.53. The number of fused-ring (bicyclic) bond motifs is 2. The minimum Gasteiger partial charge on any atom is -0.493 e. The molecular weight excluding hydrogens is 508 g/mol. The Bertz CT molecular complexity index is 1200. The van der Waals surface area contributed by atoms with E-state index in [2.05, 4.69) is 32.9 Å². The molecule has 0 fully saturated rings. The predicted molar refractivity (Wildman–Crippen MR) is 155 cm³/mol. The van der Waals surface area contributed by atoms with E-state index in [0.29, 0.717) is 24.6 Å². The molecule has 0 aromatic heterocycles. The highest BCUT2D eigenvalue weighted by atomic mass is 16.5. The highest BCUT2D eigenvalue weighted by molar-refractivity contribution is 5.77. The molecule has 2 atom stereocenters. The molecule has 2 aliphatic rings. The van der Waals surface area contributed by atoms with Crippen LogP contribution in [0.4, 0.5) is 4.79 Å². The van der Waals surface area contributed by atoms with Crippen molar-refractivity contribution >= 4 is 12.0 Å². The smallest absolute Gasteiger partial charge is 0.407 e. The van der Waals surface area contributed by atoms with E-state index in [1.807, 2.05) is 36.9 Å². The molecule has 2 unspecified atom stereocenters. The molecule has 2 aromatic rings. The minimum absolute atomic E-state index is 0.0184. The molecule has 1 heterocycles. The van der Waals surface area contributed by atoms with Crippen LogP contribution in [0.15, 0.2) is 30.3 Å². The number of ether oxygens (including phenoxy) is 3. The maximum atomic E-state index is 13.4. The fraction of sp³-hybridized carbons (Fsp3) is 0.562. The summed E-state index contributed by atoms with van der Waals surface area (Å²) in [7, 11) is 3.24. The average Bonchev–Trinajstić information content (AvgIpc) is 3.08. The molecule has 1 aliphatic carbocycles. The molecule has 8 nitrogen and oxygen atoms in total. The van der Waals surface area contributed by atoms with Gasteiger partial charge in [0.05, 0.1) is 20.3 Å². The van der Waals surface area contributed by atoms with Crippen LogP contribution in [0, 0.1) is 5.41 Å². The van der Waals surface area contributed by atoms with Crippen molar-refractivity contribution in [1.82, 2.24) is 9.80 Å². The van der Waals surface area contributed by atoms with Gasteiger partial charge in [0.2, 0.25) is 5.91 Å². The third kappa shape index (κ3) is 6.31. The van der Waals surface area contributed by atoms with Crippen LogP contribution < -0.4 is 14.2 Å². The van der Waals surface area contributed by atoms with E-state index >= 15 is 0 Å². The zero-order valence-corrected chi connectivity index (χ0v) is 25.0. The summed E-state index contributed by atoms with van der Waals surface area (Å²) in [6.07, 6.45) is 1.50. The number of nitrogens with zero attached hydrogens (tertiary/aromatic N) is 2. The molecular formula is C32H44N2O6. The van der Waals surface area contributed by atoms with E-state index in [-0.39, 0.29) is 42.4 Å². The van der Waals surface area contributed by atoms with Crippen LogP contribution in [-0.4, -0.2) is 72.9 Å². The van der Waals surface area contributed by atoms with Gasteiger partial charge in [-0.15, -0.1) is 0 Å². The van der Waals surface area contributed by atoms with Gasteiger partial charge in [-0.25, -0.2) is 4.79 Å². The van der Waals surface area contributed by atoms with Crippen molar-refractivity contribution < 1.29 is 28.9 Å². The molecule has 1 aliphatic heterocycles. The van der Waals surface area contributed by atoms with Crippen molar-refractivity contribution in [2.24, 2.45) is 5.41 Å². The van der Waals surface area contributed by atoms with Gasteiger partial charge in [-0.3, -0.25) is 4.79 Å². The lowest BCUT2D eigenvalue weighted by molar-refractivity contribution is -0.131. The lowest BCUT2D eigenvalue weighted by atomic mass is 9.66. The van der Waals surface area contributed by atoms with Gasteiger partial charge in [0.1, 0.15) is 5.75 Å². The Kier molecular flexibility index (Phi) is 8.86. The summed E-state index contributed by atoms with van der Waals surface area (Å²) in [6.45, 7) is 11.6. The molecule has 0 saturated carbocycles. The van der Waals surface area contributed by atoms with Crippen LogP contribution in [0.3, 0.4) is 0 Å². The van der Waals surface area contributed by atoms with Crippen LogP contribution in [-0.2, 0) is 24.1 Å². The summed E-state index contributed by atoms with van der Waals surface area (Å²) < 4.78 is 16.8. The number of carbonyl (C=O) groups excluding carboxylic acids is 1.